The van der Waals surface area contributed by atoms with E-state index >= 15 is 0 Å². The molecule has 1 aliphatic heterocycles. The fourth-order valence-corrected chi connectivity index (χ4v) is 3.00. The van der Waals surface area contributed by atoms with Crippen LogP contribution in [0, 0.1) is 11.3 Å². The van der Waals surface area contributed by atoms with Gasteiger partial charge in [0.1, 0.15) is 5.84 Å². The van der Waals surface area contributed by atoms with Crippen LogP contribution in [-0.4, -0.2) is 49.9 Å². The predicted octanol–water partition coefficient (Wildman–Crippen LogP) is 3.53. The Balaban J connectivity index is 2.19. The number of nitriles is 1. The lowest BCUT2D eigenvalue weighted by Crippen LogP contribution is -2.34. The number of allylic oxidation sites excluding steroid dienone is 1. The fraction of sp³-hybridized carbons (Fsp3) is 0.238. The van der Waals surface area contributed by atoms with Crippen molar-refractivity contribution in [2.75, 3.05) is 34.2 Å². The first-order chi connectivity index (χ1) is 12.1. The van der Waals surface area contributed by atoms with Crippen LogP contribution in [0.4, 0.5) is 5.69 Å². The van der Waals surface area contributed by atoms with Gasteiger partial charge in [0.25, 0.3) is 0 Å². The number of hydrogen-bond acceptors (Lipinski definition) is 4. The molecule has 3 rings (SSSR count). The van der Waals surface area contributed by atoms with Crippen LogP contribution >= 0.6 is 0 Å². The monoisotopic (exact) mass is 330 g/mol. The van der Waals surface area contributed by atoms with Crippen LogP contribution in [0.2, 0.25) is 0 Å². The number of rotatable bonds is 3. The highest BCUT2D eigenvalue weighted by Gasteiger charge is 2.22. The third kappa shape index (κ3) is 3.47. The van der Waals surface area contributed by atoms with Gasteiger partial charge in [-0.25, -0.2) is 4.99 Å². The van der Waals surface area contributed by atoms with E-state index in [1.54, 1.807) is 6.08 Å². The topological polar surface area (TPSA) is 42.6 Å². The van der Waals surface area contributed by atoms with Crippen LogP contribution in [0.5, 0.6) is 0 Å². The van der Waals surface area contributed by atoms with Crippen molar-refractivity contribution in [1.82, 2.24) is 9.80 Å². The fourth-order valence-electron chi connectivity index (χ4n) is 3.00. The number of aliphatic imine (C=N–C) groups is 1. The molecule has 0 aromatic heterocycles. The predicted molar refractivity (Wildman–Crippen MR) is 103 cm³/mol. The van der Waals surface area contributed by atoms with Gasteiger partial charge in [-0.2, -0.15) is 5.26 Å². The second-order valence-electron chi connectivity index (χ2n) is 6.41. The average Bonchev–Trinajstić information content (AvgIpc) is 2.76. The molecule has 25 heavy (non-hydrogen) atoms. The number of nitrogens with zero attached hydrogens (tertiary/aromatic N) is 4. The molecule has 0 saturated heterocycles. The molecule has 0 unspecified atom stereocenters. The van der Waals surface area contributed by atoms with Crippen molar-refractivity contribution in [3.63, 3.8) is 0 Å². The minimum absolute atomic E-state index is 0.875. The van der Waals surface area contributed by atoms with Crippen LogP contribution in [0.3, 0.4) is 0 Å². The Labute approximate surface area is 149 Å². The van der Waals surface area contributed by atoms with Crippen molar-refractivity contribution in [1.29, 1.82) is 5.26 Å². The first-order valence-electron chi connectivity index (χ1n) is 8.35. The molecule has 0 aliphatic carbocycles. The average molecular weight is 330 g/mol. The molecule has 0 bridgehead atoms. The molecule has 0 fully saturated rings. The van der Waals surface area contributed by atoms with E-state index in [-0.39, 0.29) is 0 Å². The summed E-state index contributed by atoms with van der Waals surface area (Å²) < 4.78 is 0. The van der Waals surface area contributed by atoms with Gasteiger partial charge in [-0.1, -0.05) is 42.5 Å². The highest BCUT2D eigenvalue weighted by atomic mass is 15.2. The molecule has 2 aromatic rings. The SMILES string of the molecule is CN(C)CCN(C)C1=Nc2ccccc2/C(=C/C#N)c2ccccc21. The largest absolute Gasteiger partial charge is 0.358 e. The molecule has 2 aromatic carbocycles. The van der Waals surface area contributed by atoms with Crippen molar-refractivity contribution < 1.29 is 0 Å². The Bertz CT molecular complexity index is 871. The zero-order valence-electron chi connectivity index (χ0n) is 14.9. The molecule has 0 saturated carbocycles. The summed E-state index contributed by atoms with van der Waals surface area (Å²) in [6, 6.07) is 18.4. The summed E-state index contributed by atoms with van der Waals surface area (Å²) >= 11 is 0. The molecule has 0 spiro atoms. The van der Waals surface area contributed by atoms with E-state index in [4.69, 9.17) is 4.99 Å². The van der Waals surface area contributed by atoms with Crippen LogP contribution in [0.15, 0.2) is 59.6 Å². The second-order valence-corrected chi connectivity index (χ2v) is 6.41. The van der Waals surface area contributed by atoms with Crippen LogP contribution in [0.25, 0.3) is 5.57 Å². The van der Waals surface area contributed by atoms with Crippen molar-refractivity contribution in [3.05, 3.63) is 71.3 Å². The Kier molecular flexibility index (Phi) is 4.97. The number of amidine groups is 1. The Morgan fingerprint density at radius 2 is 1.56 bits per heavy atom. The molecule has 4 heteroatoms. The maximum atomic E-state index is 9.30. The maximum Gasteiger partial charge on any atom is 0.136 e. The zero-order chi connectivity index (χ0) is 17.8. The number of likely N-dealkylation sites (N-methyl/N-ethyl adjacent to an activating group) is 2. The van der Waals surface area contributed by atoms with Gasteiger partial charge < -0.3 is 9.80 Å². The molecule has 0 N–H and O–H groups in total. The summed E-state index contributed by atoms with van der Waals surface area (Å²) in [5, 5.41) is 9.30. The number of hydrogen-bond donors (Lipinski definition) is 0. The van der Waals surface area contributed by atoms with Gasteiger partial charge in [-0.3, -0.25) is 0 Å². The van der Waals surface area contributed by atoms with E-state index < -0.39 is 0 Å². The third-order valence-electron chi connectivity index (χ3n) is 4.33. The summed E-state index contributed by atoms with van der Waals surface area (Å²) in [4.78, 5) is 9.31. The third-order valence-corrected chi connectivity index (χ3v) is 4.33. The van der Waals surface area contributed by atoms with Crippen LogP contribution < -0.4 is 0 Å². The lowest BCUT2D eigenvalue weighted by Gasteiger charge is -2.24. The summed E-state index contributed by atoms with van der Waals surface area (Å²) in [6.45, 7) is 1.82. The number of fused-ring (bicyclic) bond motifs is 2. The van der Waals surface area contributed by atoms with Crippen LogP contribution in [-0.2, 0) is 0 Å². The smallest absolute Gasteiger partial charge is 0.136 e. The standard InChI is InChI=1S/C21H22N4/c1-24(2)14-15-25(3)21-19-10-5-4-8-16(19)17(12-13-22)18-9-6-7-11-20(18)23-21/h4-12H,14-15H2,1-3H3/b17-12+. The Hall–Kier alpha value is -2.90. The minimum Gasteiger partial charge on any atom is -0.358 e. The van der Waals surface area contributed by atoms with Crippen molar-refractivity contribution in [2.45, 2.75) is 0 Å². The molecular formula is C21H22N4. The van der Waals surface area contributed by atoms with E-state index in [1.165, 1.54) is 0 Å². The van der Waals surface area contributed by atoms with Crippen molar-refractivity contribution in [2.24, 2.45) is 4.99 Å². The molecule has 0 radical (unpaired) electrons. The van der Waals surface area contributed by atoms with Crippen LogP contribution in [0.1, 0.15) is 16.7 Å². The lowest BCUT2D eigenvalue weighted by atomic mass is 9.93. The Morgan fingerprint density at radius 3 is 2.24 bits per heavy atom. The van der Waals surface area contributed by atoms with Gasteiger partial charge in [-0.15, -0.1) is 0 Å². The molecule has 126 valence electrons. The summed E-state index contributed by atoms with van der Waals surface area (Å²) in [5.41, 5.74) is 4.92. The van der Waals surface area contributed by atoms with Gasteiger partial charge in [0.2, 0.25) is 0 Å². The minimum atomic E-state index is 0.875. The summed E-state index contributed by atoms with van der Waals surface area (Å²) in [6.07, 6.45) is 1.62. The van der Waals surface area contributed by atoms with Gasteiger partial charge in [-0.05, 0) is 25.7 Å². The van der Waals surface area contributed by atoms with E-state index in [1.807, 2.05) is 36.4 Å². The van der Waals surface area contributed by atoms with Gasteiger partial charge >= 0.3 is 0 Å². The van der Waals surface area contributed by atoms with Crippen molar-refractivity contribution in [3.8, 4) is 6.07 Å². The molecule has 1 heterocycles. The first-order valence-corrected chi connectivity index (χ1v) is 8.35. The zero-order valence-corrected chi connectivity index (χ0v) is 14.9. The van der Waals surface area contributed by atoms with E-state index in [0.717, 1.165) is 46.9 Å². The number of para-hydroxylation sites is 1. The lowest BCUT2D eigenvalue weighted by molar-refractivity contribution is 0.357. The normalized spacial score (nSPS) is 14.4. The Morgan fingerprint density at radius 1 is 0.920 bits per heavy atom. The quantitative estimate of drug-likeness (QED) is 0.809. The molecule has 0 amide bonds. The summed E-state index contributed by atoms with van der Waals surface area (Å²) in [5.74, 6) is 0.936. The number of benzene rings is 2. The second kappa shape index (κ2) is 7.33. The highest BCUT2D eigenvalue weighted by molar-refractivity contribution is 6.08. The van der Waals surface area contributed by atoms with Crippen molar-refractivity contribution >= 4 is 17.1 Å². The molecule has 4 nitrogen and oxygen atoms in total. The van der Waals surface area contributed by atoms with E-state index in [0.29, 0.717) is 0 Å². The van der Waals surface area contributed by atoms with Gasteiger partial charge in [0, 0.05) is 42.9 Å². The van der Waals surface area contributed by atoms with E-state index in [2.05, 4.69) is 49.1 Å². The first kappa shape index (κ1) is 16.9. The summed E-state index contributed by atoms with van der Waals surface area (Å²) in [7, 11) is 6.21. The van der Waals surface area contributed by atoms with Gasteiger partial charge in [0.15, 0.2) is 0 Å². The maximum absolute atomic E-state index is 9.30. The molecular weight excluding hydrogens is 308 g/mol. The molecule has 1 aliphatic rings. The van der Waals surface area contributed by atoms with Gasteiger partial charge in [0.05, 0.1) is 11.8 Å². The van der Waals surface area contributed by atoms with E-state index in [9.17, 15) is 5.26 Å². The highest BCUT2D eigenvalue weighted by Crippen LogP contribution is 2.36. The molecule has 0 atom stereocenters.